The molecule has 10 heteroatoms. The predicted octanol–water partition coefficient (Wildman–Crippen LogP) is 1.41. The zero-order valence-electron chi connectivity index (χ0n) is 20.1. The zero-order chi connectivity index (χ0) is 24.7. The minimum Gasteiger partial charge on any atom is -0.353 e. The smallest absolute Gasteiger partial charge is 0.244 e. The summed E-state index contributed by atoms with van der Waals surface area (Å²) in [5.41, 5.74) is 0.119. The number of piperidine rings is 1. The molecule has 0 saturated carbocycles. The lowest BCUT2D eigenvalue weighted by Crippen LogP contribution is -2.53. The lowest BCUT2D eigenvalue weighted by Gasteiger charge is -2.37. The molecule has 1 N–H and O–H groups in total. The number of sulfonamides is 1. The van der Waals surface area contributed by atoms with Crippen LogP contribution in [0.4, 0.5) is 0 Å². The number of carbonyl (C=O) groups excluding carboxylic acids is 2. The molecule has 0 radical (unpaired) electrons. The molecule has 2 fully saturated rings. The van der Waals surface area contributed by atoms with E-state index < -0.39 is 10.0 Å². The van der Waals surface area contributed by atoms with Crippen LogP contribution in [0.5, 0.6) is 0 Å². The molecule has 3 rings (SSSR count). The first-order valence-corrected chi connectivity index (χ1v) is 13.5. The Kier molecular flexibility index (Phi) is 9.05. The van der Waals surface area contributed by atoms with Gasteiger partial charge >= 0.3 is 0 Å². The number of amides is 2. The average Bonchev–Trinajstić information content (AvgIpc) is 2.84. The van der Waals surface area contributed by atoms with Crippen molar-refractivity contribution in [1.29, 1.82) is 5.26 Å². The Bertz CT molecular complexity index is 1010. The lowest BCUT2D eigenvalue weighted by atomic mass is 9.96. The van der Waals surface area contributed by atoms with Crippen LogP contribution in [0.25, 0.3) is 0 Å². The fraction of sp³-hybridized carbons (Fsp3) is 0.625. The molecule has 2 atom stereocenters. The average molecular weight is 490 g/mol. The van der Waals surface area contributed by atoms with Crippen LogP contribution >= 0.6 is 0 Å². The largest absolute Gasteiger partial charge is 0.353 e. The predicted molar refractivity (Wildman–Crippen MR) is 128 cm³/mol. The second-order valence-corrected chi connectivity index (χ2v) is 11.1. The van der Waals surface area contributed by atoms with Gasteiger partial charge < -0.3 is 10.2 Å². The highest BCUT2D eigenvalue weighted by molar-refractivity contribution is 7.89. The molecule has 2 amide bonds. The van der Waals surface area contributed by atoms with Crippen molar-refractivity contribution >= 4 is 21.8 Å². The van der Waals surface area contributed by atoms with Crippen molar-refractivity contribution in [3.8, 4) is 6.07 Å². The molecular weight excluding hydrogens is 454 g/mol. The van der Waals surface area contributed by atoms with E-state index in [1.54, 1.807) is 17.0 Å². The zero-order valence-corrected chi connectivity index (χ0v) is 20.9. The first-order valence-electron chi connectivity index (χ1n) is 12.1. The number of hydrogen-bond acceptors (Lipinski definition) is 6. The third kappa shape index (κ3) is 6.34. The molecule has 2 aliphatic rings. The van der Waals surface area contributed by atoms with Gasteiger partial charge in [0.15, 0.2) is 0 Å². The molecule has 2 saturated heterocycles. The number of likely N-dealkylation sites (tertiary alicyclic amines) is 1. The van der Waals surface area contributed by atoms with Crippen molar-refractivity contribution in [2.45, 2.75) is 50.5 Å². The molecule has 2 aliphatic heterocycles. The van der Waals surface area contributed by atoms with Crippen LogP contribution in [0.3, 0.4) is 0 Å². The maximum Gasteiger partial charge on any atom is 0.244 e. The SMILES string of the molecule is CCCC(C)NC(=O)C1CCCN(CC(=O)N2CCN(S(=O)(=O)c3ccccc3C#N)CC2)C1. The highest BCUT2D eigenvalue weighted by Crippen LogP contribution is 2.22. The third-order valence-corrected chi connectivity index (χ3v) is 8.52. The van der Waals surface area contributed by atoms with Crippen LogP contribution in [0.15, 0.2) is 29.2 Å². The van der Waals surface area contributed by atoms with Gasteiger partial charge in [-0.2, -0.15) is 9.57 Å². The highest BCUT2D eigenvalue weighted by Gasteiger charge is 2.33. The van der Waals surface area contributed by atoms with Crippen LogP contribution in [-0.2, 0) is 19.6 Å². The second-order valence-electron chi connectivity index (χ2n) is 9.17. The highest BCUT2D eigenvalue weighted by atomic mass is 32.2. The van der Waals surface area contributed by atoms with Crippen LogP contribution in [0.2, 0.25) is 0 Å². The number of hydrogen-bond donors (Lipinski definition) is 1. The van der Waals surface area contributed by atoms with Gasteiger partial charge in [-0.3, -0.25) is 14.5 Å². The Morgan fingerprint density at radius 1 is 1.18 bits per heavy atom. The molecule has 0 spiro atoms. The number of nitrogens with zero attached hydrogens (tertiary/aromatic N) is 4. The van der Waals surface area contributed by atoms with E-state index in [9.17, 15) is 23.3 Å². The van der Waals surface area contributed by atoms with Crippen molar-refractivity contribution in [3.63, 3.8) is 0 Å². The van der Waals surface area contributed by atoms with E-state index in [-0.39, 0.29) is 53.9 Å². The van der Waals surface area contributed by atoms with Gasteiger partial charge in [0.05, 0.1) is 22.9 Å². The topological polar surface area (TPSA) is 114 Å². The van der Waals surface area contributed by atoms with Gasteiger partial charge in [0.25, 0.3) is 0 Å². The first kappa shape index (κ1) is 26.1. The summed E-state index contributed by atoms with van der Waals surface area (Å²) in [4.78, 5) is 29.2. The Morgan fingerprint density at radius 3 is 2.56 bits per heavy atom. The van der Waals surface area contributed by atoms with Gasteiger partial charge in [0, 0.05) is 38.8 Å². The molecule has 2 heterocycles. The molecule has 1 aromatic carbocycles. The number of rotatable bonds is 8. The summed E-state index contributed by atoms with van der Waals surface area (Å²) in [5, 5.41) is 12.3. The summed E-state index contributed by atoms with van der Waals surface area (Å²) in [7, 11) is -3.79. The fourth-order valence-electron chi connectivity index (χ4n) is 4.67. The maximum atomic E-state index is 13.0. The van der Waals surface area contributed by atoms with Crippen molar-refractivity contribution < 1.29 is 18.0 Å². The van der Waals surface area contributed by atoms with Gasteiger partial charge in [0.1, 0.15) is 6.07 Å². The summed E-state index contributed by atoms with van der Waals surface area (Å²) in [6.07, 6.45) is 3.67. The van der Waals surface area contributed by atoms with Crippen molar-refractivity contribution in [2.75, 3.05) is 45.8 Å². The van der Waals surface area contributed by atoms with Crippen LogP contribution in [-0.4, -0.2) is 86.2 Å². The molecule has 0 aliphatic carbocycles. The summed E-state index contributed by atoms with van der Waals surface area (Å²) in [6, 6.07) is 8.26. The van der Waals surface area contributed by atoms with E-state index in [2.05, 4.69) is 12.2 Å². The van der Waals surface area contributed by atoms with Crippen LogP contribution in [0.1, 0.15) is 45.1 Å². The van der Waals surface area contributed by atoms with E-state index in [1.165, 1.54) is 16.4 Å². The summed E-state index contributed by atoms with van der Waals surface area (Å²) < 4.78 is 27.3. The maximum absolute atomic E-state index is 13.0. The molecule has 0 aromatic heterocycles. The summed E-state index contributed by atoms with van der Waals surface area (Å²) in [6.45, 7) is 6.68. The van der Waals surface area contributed by atoms with E-state index in [0.717, 1.165) is 32.2 Å². The molecule has 186 valence electrons. The van der Waals surface area contributed by atoms with E-state index in [4.69, 9.17) is 0 Å². The first-order chi connectivity index (χ1) is 16.3. The van der Waals surface area contributed by atoms with Crippen molar-refractivity contribution in [1.82, 2.24) is 19.4 Å². The lowest BCUT2D eigenvalue weighted by molar-refractivity contribution is -0.135. The van der Waals surface area contributed by atoms with Crippen LogP contribution in [0, 0.1) is 17.2 Å². The van der Waals surface area contributed by atoms with E-state index >= 15 is 0 Å². The van der Waals surface area contributed by atoms with Gasteiger partial charge in [0.2, 0.25) is 21.8 Å². The fourth-order valence-corrected chi connectivity index (χ4v) is 6.24. The van der Waals surface area contributed by atoms with Gasteiger partial charge in [-0.25, -0.2) is 8.42 Å². The van der Waals surface area contributed by atoms with Gasteiger partial charge in [-0.1, -0.05) is 25.5 Å². The Balaban J connectivity index is 1.52. The van der Waals surface area contributed by atoms with E-state index in [1.807, 2.05) is 17.9 Å². The molecule has 1 aromatic rings. The molecule has 2 unspecified atom stereocenters. The minimum atomic E-state index is -3.79. The Morgan fingerprint density at radius 2 is 1.88 bits per heavy atom. The van der Waals surface area contributed by atoms with Gasteiger partial charge in [-0.15, -0.1) is 0 Å². The Hall–Kier alpha value is -2.48. The summed E-state index contributed by atoms with van der Waals surface area (Å²) >= 11 is 0. The van der Waals surface area contributed by atoms with Crippen molar-refractivity contribution in [2.24, 2.45) is 5.92 Å². The van der Waals surface area contributed by atoms with Gasteiger partial charge in [-0.05, 0) is 44.9 Å². The number of nitriles is 1. The quantitative estimate of drug-likeness (QED) is 0.591. The number of carbonyl (C=O) groups is 2. The monoisotopic (exact) mass is 489 g/mol. The standard InChI is InChI=1S/C24H35N5O4S/c1-3-7-19(2)26-24(31)21-9-6-11-27(17-21)18-23(30)28-12-14-29(15-13-28)34(32,33)22-10-5-4-8-20(22)16-25/h4-5,8,10,19,21H,3,6-7,9,11-15,17-18H2,1-2H3,(H,26,31). The third-order valence-electron chi connectivity index (χ3n) is 6.56. The van der Waals surface area contributed by atoms with Crippen LogP contribution < -0.4 is 5.32 Å². The molecular formula is C24H35N5O4S. The van der Waals surface area contributed by atoms with E-state index in [0.29, 0.717) is 19.6 Å². The summed E-state index contributed by atoms with van der Waals surface area (Å²) in [5.74, 6) is -0.0903. The Labute approximate surface area is 202 Å². The number of piperazine rings is 1. The molecule has 0 bridgehead atoms. The number of nitrogens with one attached hydrogen (secondary N) is 1. The minimum absolute atomic E-state index is 0.00293. The molecule has 34 heavy (non-hydrogen) atoms. The number of benzene rings is 1. The second kappa shape index (κ2) is 11.8. The normalized spacial score (nSPS) is 21.0. The van der Waals surface area contributed by atoms with Crippen molar-refractivity contribution in [3.05, 3.63) is 29.8 Å². The molecule has 9 nitrogen and oxygen atoms in total.